The highest BCUT2D eigenvalue weighted by Crippen LogP contribution is 2.41. The molecule has 0 bridgehead atoms. The van der Waals surface area contributed by atoms with Gasteiger partial charge < -0.3 is 15.2 Å². The fourth-order valence-electron chi connectivity index (χ4n) is 15.0. The van der Waals surface area contributed by atoms with Crippen molar-refractivity contribution in [3.8, 4) is 0 Å². The van der Waals surface area contributed by atoms with E-state index in [-0.39, 0.29) is 54.8 Å². The molecule has 2 amide bonds. The number of H-pyrrole nitrogens is 2. The SMILES string of the molecule is CC(C)(C)C1=CCC=C1.CC(C)(C)C1=CCc2ccccc21.CC(C)(C)C1=NCC=C1.CC(C)(C)C1=NCC=N1.CC(C)(C)N1CCCC1=O.CC(C)(C)c1cc2ccccc2[nH]1.CC(C)(C)c1ccc2c(c1)NC(=O)C2.CC(C)(C)c1ccccc1.CC(C)(C)c1ccccc1.CC(C)(C)c1ccccc1.CC(C)(C)c1ccccn1.CC(C)(C)c1ccsc1.CC(C)(C)c1ncn[nH]1.Cc1ccc(C(C)(C)C)cc1. The second kappa shape index (κ2) is 55.8. The van der Waals surface area contributed by atoms with Crippen LogP contribution in [0.2, 0.25) is 0 Å². The number of amides is 2. The summed E-state index contributed by atoms with van der Waals surface area (Å²) in [5.41, 5.74) is 25.7. The molecule has 8 heterocycles. The van der Waals surface area contributed by atoms with Crippen LogP contribution in [0, 0.1) is 28.6 Å². The second-order valence-electron chi connectivity index (χ2n) is 52.8. The van der Waals surface area contributed by atoms with E-state index < -0.39 is 0 Å². The Morgan fingerprint density at radius 1 is 0.397 bits per heavy atom. The van der Waals surface area contributed by atoms with E-state index in [2.05, 4.69) is 585 Å². The number of aromatic nitrogens is 5. The van der Waals surface area contributed by atoms with Crippen molar-refractivity contribution >= 4 is 63.1 Å². The molecule has 0 atom stereocenters. The Bertz CT molecular complexity index is 5510. The first-order valence-corrected chi connectivity index (χ1v) is 53.8. The van der Waals surface area contributed by atoms with Crippen LogP contribution in [0.25, 0.3) is 16.5 Å². The third-order valence-electron chi connectivity index (χ3n) is 24.5. The second-order valence-corrected chi connectivity index (χ2v) is 53.6. The number of fused-ring (bicyclic) bond motifs is 3. The summed E-state index contributed by atoms with van der Waals surface area (Å²) < 4.78 is 0. The van der Waals surface area contributed by atoms with E-state index in [4.69, 9.17) is 0 Å². The Morgan fingerprint density at radius 2 is 0.897 bits per heavy atom. The molecule has 12 nitrogen and oxygen atoms in total. The average molecular weight is 2000 g/mol. The zero-order valence-corrected chi connectivity index (χ0v) is 99.9. The highest BCUT2D eigenvalue weighted by Gasteiger charge is 2.31. The van der Waals surface area contributed by atoms with Gasteiger partial charge >= 0.3 is 0 Å². The number of benzene rings is 7. The van der Waals surface area contributed by atoms with Gasteiger partial charge in [0.15, 0.2) is 0 Å². The number of allylic oxidation sites excluding steroid dienone is 7. The first-order chi connectivity index (χ1) is 67.1. The number of para-hydroxylation sites is 1. The highest BCUT2D eigenvalue weighted by molar-refractivity contribution is 7.08. The number of thiophene rings is 1. The van der Waals surface area contributed by atoms with Crippen molar-refractivity contribution in [1.29, 1.82) is 0 Å². The molecular weight excluding hydrogens is 1800 g/mol. The molecule has 1 fully saturated rings. The van der Waals surface area contributed by atoms with Crippen molar-refractivity contribution < 1.29 is 9.59 Å². The number of carbonyl (C=O) groups is 2. The summed E-state index contributed by atoms with van der Waals surface area (Å²) in [5, 5.41) is 15.1. The van der Waals surface area contributed by atoms with Gasteiger partial charge in [-0.1, -0.05) is 482 Å². The Labute approximate surface area is 892 Å². The standard InChI is InChI=1S/C13H16.C12H15NO.C12H15N.C11H16.3C10H14.C9H13N.C9H14.C8H15NO.C8H13N.C8H12S.C7H12N2.C6H11N3/c1-13(2,3)12-9-8-10-6-4-5-7-11(10)12;1-12(2,3)9-5-4-8-6-11(14)13-10(8)7-9;1-12(2,3)11-8-9-6-4-5-7-10(9)13-11;1-9-5-7-10(8-6-9)11(2,3)4;3*1-10(2,3)9-7-5-4-6-8-9;1-9(2,3)8-6-4-5-7-10-8;1-9(2,3)8-6-4-5-7-8;1-8(2,3)9-6-4-5-7(9)10;1-8(2,3)7-5-4-6-9-7;1-8(2,3)7-4-5-9-6-7;1-7(2,3)6-8-4-5-9-6;1-6(2,3)5-7-4-8-9-5/h4-7,9H,8H2,1-3H3;4-5,7H,6H2,1-3H3,(H,13,14);4-8,13H,1-3H3;5-8H,1-4H3;3*4-8H,1-3H3;4-7H,1-3H3;4,6-7H,5H2,1-3H3;4-6H2,1-3H3;4-5H,6H2,1-3H3;4-6H,1-3H3;4H,5H2,1-3H3;4H,1-3H3,(H,7,8,9). The number of amidine groups is 1. The van der Waals surface area contributed by atoms with Gasteiger partial charge in [-0.25, -0.2) is 9.98 Å². The van der Waals surface area contributed by atoms with Gasteiger partial charge in [0.2, 0.25) is 11.8 Å². The zero-order chi connectivity index (χ0) is 111. The van der Waals surface area contributed by atoms with E-state index in [1.54, 1.807) is 11.3 Å². The Morgan fingerprint density at radius 3 is 1.23 bits per heavy atom. The van der Waals surface area contributed by atoms with Crippen molar-refractivity contribution in [3.63, 3.8) is 0 Å². The lowest BCUT2D eigenvalue weighted by Crippen LogP contribution is -2.41. The zero-order valence-electron chi connectivity index (χ0n) is 99.1. The number of aliphatic imine (C=N–C) groups is 3. The minimum atomic E-state index is 0.0353. The quantitative estimate of drug-likeness (QED) is 0.138. The number of hydrogen-bond donors (Lipinski definition) is 3. The monoisotopic (exact) mass is 2000 g/mol. The molecule has 2 aliphatic carbocycles. The van der Waals surface area contributed by atoms with Gasteiger partial charge in [0, 0.05) is 86.3 Å². The molecule has 0 spiro atoms. The third kappa shape index (κ3) is 47.9. The first-order valence-electron chi connectivity index (χ1n) is 52.9. The van der Waals surface area contributed by atoms with E-state index in [9.17, 15) is 9.59 Å². The maximum atomic E-state index is 11.1. The van der Waals surface area contributed by atoms with Gasteiger partial charge in [-0.15, -0.1) is 0 Å². The van der Waals surface area contributed by atoms with Gasteiger partial charge in [-0.2, -0.15) is 16.4 Å². The number of nitrogens with zero attached hydrogens (tertiary/aromatic N) is 7. The summed E-state index contributed by atoms with van der Waals surface area (Å²) in [7, 11) is 0. The summed E-state index contributed by atoms with van der Waals surface area (Å²) >= 11 is 1.77. The molecule has 0 saturated carbocycles. The molecule has 0 radical (unpaired) electrons. The van der Waals surface area contributed by atoms with Gasteiger partial charge in [-0.3, -0.25) is 29.7 Å². The van der Waals surface area contributed by atoms with Crippen molar-refractivity contribution in [3.05, 3.63) is 350 Å². The fraction of sp³-hybridized carbons (Fsp3) is 0.489. The average Bonchev–Trinajstić information content (AvgIpc) is 1.66. The van der Waals surface area contributed by atoms with Crippen molar-refractivity contribution in [2.45, 2.75) is 384 Å². The summed E-state index contributed by atoms with van der Waals surface area (Å²) in [4.78, 5) is 48.6. The third-order valence-corrected chi connectivity index (χ3v) is 25.2. The minimum absolute atomic E-state index is 0.0353. The topological polar surface area (TPSA) is 157 Å². The van der Waals surface area contributed by atoms with Crippen molar-refractivity contribution in [2.75, 3.05) is 25.0 Å². The van der Waals surface area contributed by atoms with E-state index in [0.717, 1.165) is 73.9 Å². The van der Waals surface area contributed by atoms with Crippen LogP contribution in [0.1, 0.15) is 383 Å². The van der Waals surface area contributed by atoms with Crippen LogP contribution in [0.4, 0.5) is 5.69 Å². The maximum absolute atomic E-state index is 11.1. The number of aromatic amines is 2. The lowest BCUT2D eigenvalue weighted by atomic mass is 9.83. The Kier molecular flexibility index (Phi) is 48.7. The van der Waals surface area contributed by atoms with Crippen LogP contribution in [-0.2, 0) is 71.2 Å². The summed E-state index contributed by atoms with van der Waals surface area (Å²) in [6, 6.07) is 74.2. The lowest BCUT2D eigenvalue weighted by molar-refractivity contribution is -0.131. The van der Waals surface area contributed by atoms with Crippen LogP contribution >= 0.6 is 11.3 Å². The largest absolute Gasteiger partial charge is 0.358 e. The number of rotatable bonds is 0. The maximum Gasteiger partial charge on any atom is 0.228 e. The predicted octanol–water partition coefficient (Wildman–Crippen LogP) is 36.3. The molecule has 11 aromatic rings. The van der Waals surface area contributed by atoms with Crippen molar-refractivity contribution in [2.24, 2.45) is 36.6 Å². The minimum Gasteiger partial charge on any atom is -0.358 e. The number of carbonyl (C=O) groups excluding carboxylic acids is 2. The molecule has 0 unspecified atom stereocenters. The van der Waals surface area contributed by atoms with E-state index in [1.807, 2.05) is 35.5 Å². The molecule has 6 aliphatic rings. The summed E-state index contributed by atoms with van der Waals surface area (Å²) in [6.45, 7) is 96.8. The smallest absolute Gasteiger partial charge is 0.228 e. The van der Waals surface area contributed by atoms with Crippen LogP contribution < -0.4 is 5.32 Å². The fourth-order valence-corrected chi connectivity index (χ4v) is 15.9. The van der Waals surface area contributed by atoms with Gasteiger partial charge in [0.05, 0.1) is 19.5 Å². The lowest BCUT2D eigenvalue weighted by Gasteiger charge is -2.31. The molecule has 4 aromatic heterocycles. The molecule has 794 valence electrons. The normalized spacial score (nSPS) is 14.2. The van der Waals surface area contributed by atoms with Crippen LogP contribution in [0.3, 0.4) is 0 Å². The molecule has 13 heteroatoms. The number of nitrogens with one attached hydrogen (secondary N) is 3. The molecule has 7 aromatic carbocycles. The first kappa shape index (κ1) is 127. The number of aryl methyl sites for hydroxylation is 1. The van der Waals surface area contributed by atoms with Crippen molar-refractivity contribution in [1.82, 2.24) is 30.0 Å². The summed E-state index contributed by atoms with van der Waals surface area (Å²) in [5.74, 6) is 2.32. The molecule has 146 heavy (non-hydrogen) atoms. The van der Waals surface area contributed by atoms with Crippen LogP contribution in [0.15, 0.2) is 293 Å². The van der Waals surface area contributed by atoms with E-state index >= 15 is 0 Å². The highest BCUT2D eigenvalue weighted by atomic mass is 32.1. The number of pyridine rings is 1. The van der Waals surface area contributed by atoms with Gasteiger partial charge in [0.1, 0.15) is 18.0 Å². The molecule has 4 aliphatic heterocycles. The number of anilines is 1. The molecule has 1 saturated heterocycles. The van der Waals surface area contributed by atoms with Crippen LogP contribution in [0.5, 0.6) is 0 Å². The Hall–Kier alpha value is -11.0. The van der Waals surface area contributed by atoms with E-state index in [1.165, 1.54) is 89.9 Å². The van der Waals surface area contributed by atoms with Gasteiger partial charge in [-0.05, 0) is 210 Å². The molecule has 17 rings (SSSR count). The van der Waals surface area contributed by atoms with Crippen LogP contribution in [-0.4, -0.2) is 84.8 Å². The Balaban J connectivity index is 0.000000328. The molecule has 3 N–H and O–H groups in total. The van der Waals surface area contributed by atoms with Gasteiger partial charge in [0.25, 0.3) is 0 Å². The van der Waals surface area contributed by atoms with E-state index in [0.29, 0.717) is 39.4 Å². The summed E-state index contributed by atoms with van der Waals surface area (Å²) in [6.07, 6.45) is 23.1. The number of hydrogen-bond acceptors (Lipinski definition) is 9. The predicted molar refractivity (Wildman–Crippen MR) is 642 cm³/mol. The molecular formula is C133H194N10O2S. The number of likely N-dealkylation sites (tertiary alicyclic amines) is 1.